The van der Waals surface area contributed by atoms with E-state index < -0.39 is 0 Å². The van der Waals surface area contributed by atoms with Crippen LogP contribution in [0.4, 0.5) is 0 Å². The van der Waals surface area contributed by atoms with Gasteiger partial charge >= 0.3 is 0 Å². The second-order valence-corrected chi connectivity index (χ2v) is 11.5. The molecule has 204 valence electrons. The van der Waals surface area contributed by atoms with E-state index in [2.05, 4.69) is 141 Å². The van der Waals surface area contributed by atoms with Crippen LogP contribution >= 0.6 is 0 Å². The Kier molecular flexibility index (Phi) is 6.55. The van der Waals surface area contributed by atoms with Crippen LogP contribution in [0.2, 0.25) is 0 Å². The molecule has 42 heavy (non-hydrogen) atoms. The van der Waals surface area contributed by atoms with Crippen LogP contribution in [-0.2, 0) is 0 Å². The van der Waals surface area contributed by atoms with Crippen molar-refractivity contribution in [2.75, 3.05) is 0 Å². The molecule has 0 fully saturated rings. The first-order chi connectivity index (χ1) is 20.6. The summed E-state index contributed by atoms with van der Waals surface area (Å²) in [6.45, 7) is 12.6. The molecular weight excluding hydrogens is 508 g/mol. The van der Waals surface area contributed by atoms with Crippen molar-refractivity contribution < 1.29 is 4.57 Å². The van der Waals surface area contributed by atoms with Gasteiger partial charge in [0.05, 0.1) is 23.2 Å². The van der Waals surface area contributed by atoms with Gasteiger partial charge in [0.25, 0.3) is 0 Å². The number of pyridine rings is 1. The zero-order chi connectivity index (χ0) is 28.8. The van der Waals surface area contributed by atoms with Crippen molar-refractivity contribution in [3.8, 4) is 33.5 Å². The maximum atomic E-state index is 5.27. The van der Waals surface area contributed by atoms with Crippen LogP contribution in [0.5, 0.6) is 0 Å². The molecule has 7 rings (SSSR count). The summed E-state index contributed by atoms with van der Waals surface area (Å²) in [5.74, 6) is 0.154. The third-order valence-electron chi connectivity index (χ3n) is 9.07. The predicted octanol–water partition coefficient (Wildman–Crippen LogP) is 9.21. The fourth-order valence-corrected chi connectivity index (χ4v) is 7.23. The van der Waals surface area contributed by atoms with E-state index in [0.717, 1.165) is 12.1 Å². The highest BCUT2D eigenvalue weighted by Crippen LogP contribution is 2.48. The molecule has 0 N–H and O–H groups in total. The summed E-state index contributed by atoms with van der Waals surface area (Å²) in [5.41, 5.74) is 15.0. The number of fused-ring (bicyclic) bond motifs is 4. The Morgan fingerprint density at radius 3 is 2.24 bits per heavy atom. The molecule has 0 saturated carbocycles. The summed E-state index contributed by atoms with van der Waals surface area (Å²) in [5, 5.41) is 0. The third kappa shape index (κ3) is 4.18. The zero-order valence-electron chi connectivity index (χ0n) is 24.3. The van der Waals surface area contributed by atoms with Gasteiger partial charge in [0.2, 0.25) is 5.69 Å². The minimum Gasteiger partial charge on any atom is -0.280 e. The SMILES string of the molecule is C=CCC1N=C(C=C)c2ccccc2C1C1c2ccc(-c3c(C)cccc3C)cc2-c2cc(-c3ccccc3)cc[n+]21. The molecule has 4 aromatic carbocycles. The highest BCUT2D eigenvalue weighted by molar-refractivity contribution is 6.10. The van der Waals surface area contributed by atoms with Crippen molar-refractivity contribution in [3.63, 3.8) is 0 Å². The molecule has 0 bridgehead atoms. The van der Waals surface area contributed by atoms with Crippen molar-refractivity contribution in [1.82, 2.24) is 0 Å². The lowest BCUT2D eigenvalue weighted by Gasteiger charge is -2.32. The van der Waals surface area contributed by atoms with E-state index in [0.29, 0.717) is 0 Å². The van der Waals surface area contributed by atoms with Gasteiger partial charge in [-0.25, -0.2) is 0 Å². The number of hydrogen-bond donors (Lipinski definition) is 0. The lowest BCUT2D eigenvalue weighted by molar-refractivity contribution is -0.701. The van der Waals surface area contributed by atoms with Crippen LogP contribution in [0.1, 0.15) is 46.2 Å². The third-order valence-corrected chi connectivity index (χ3v) is 9.07. The maximum Gasteiger partial charge on any atom is 0.214 e. The number of aliphatic imine (C=N–C) groups is 1. The Morgan fingerprint density at radius 1 is 0.714 bits per heavy atom. The molecule has 0 amide bonds. The van der Waals surface area contributed by atoms with Crippen LogP contribution in [0, 0.1) is 13.8 Å². The number of hydrogen-bond acceptors (Lipinski definition) is 1. The number of rotatable bonds is 6. The molecule has 0 saturated heterocycles. The van der Waals surface area contributed by atoms with Gasteiger partial charge in [0.1, 0.15) is 0 Å². The minimum absolute atomic E-state index is 0.0637. The first-order valence-electron chi connectivity index (χ1n) is 14.8. The molecule has 1 aromatic heterocycles. The molecule has 2 aliphatic heterocycles. The quantitative estimate of drug-likeness (QED) is 0.150. The molecular formula is C40H35N2+. The lowest BCUT2D eigenvalue weighted by Crippen LogP contribution is -2.45. The number of aromatic nitrogens is 1. The van der Waals surface area contributed by atoms with Crippen molar-refractivity contribution in [1.29, 1.82) is 0 Å². The summed E-state index contributed by atoms with van der Waals surface area (Å²) in [6.07, 6.45) is 7.01. The minimum atomic E-state index is 0.0637. The highest BCUT2D eigenvalue weighted by atomic mass is 15.1. The Labute approximate surface area is 249 Å². The van der Waals surface area contributed by atoms with Gasteiger partial charge in [0.15, 0.2) is 12.2 Å². The Balaban J connectivity index is 1.48. The Morgan fingerprint density at radius 2 is 1.48 bits per heavy atom. The molecule has 3 unspecified atom stereocenters. The van der Waals surface area contributed by atoms with Crippen LogP contribution in [0.15, 0.2) is 140 Å². The molecule has 0 aliphatic carbocycles. The first-order valence-corrected chi connectivity index (χ1v) is 14.8. The Bertz CT molecular complexity index is 1860. The topological polar surface area (TPSA) is 16.2 Å². The average Bonchev–Trinajstić information content (AvgIpc) is 3.34. The molecule has 2 heteroatoms. The average molecular weight is 544 g/mol. The maximum absolute atomic E-state index is 5.27. The fraction of sp³-hybridized carbons (Fsp3) is 0.150. The molecule has 3 heterocycles. The number of allylic oxidation sites excluding steroid dienone is 1. The summed E-state index contributed by atoms with van der Waals surface area (Å²) < 4.78 is 2.50. The van der Waals surface area contributed by atoms with Crippen LogP contribution in [-0.4, -0.2) is 11.8 Å². The van der Waals surface area contributed by atoms with Gasteiger partial charge < -0.3 is 0 Å². The standard InChI is InChI=1S/C40H35N2/c1-5-13-36-39(32-19-11-10-18-31(32)35(6-2)41-36)40-33-21-20-30(38-26(3)14-12-15-27(38)4)24-34(33)37-25-29(22-23-42(37)40)28-16-8-7-9-17-28/h5-12,14-25,36,39-40H,1-2,13H2,3-4H3/q+1. The van der Waals surface area contributed by atoms with E-state index in [1.54, 1.807) is 0 Å². The number of nitrogens with zero attached hydrogens (tertiary/aromatic N) is 2. The van der Waals surface area contributed by atoms with Gasteiger partial charge in [0, 0.05) is 23.3 Å². The monoisotopic (exact) mass is 543 g/mol. The van der Waals surface area contributed by atoms with E-state index in [1.165, 1.54) is 61.3 Å². The molecule has 0 radical (unpaired) electrons. The van der Waals surface area contributed by atoms with Crippen LogP contribution in [0.25, 0.3) is 33.5 Å². The Hall–Kier alpha value is -4.82. The highest BCUT2D eigenvalue weighted by Gasteiger charge is 2.47. The fourth-order valence-electron chi connectivity index (χ4n) is 7.23. The van der Waals surface area contributed by atoms with E-state index in [9.17, 15) is 0 Å². The van der Waals surface area contributed by atoms with E-state index in [1.807, 2.05) is 12.2 Å². The second kappa shape index (κ2) is 10.5. The van der Waals surface area contributed by atoms with Gasteiger partial charge in [-0.15, -0.1) is 6.58 Å². The summed E-state index contributed by atoms with van der Waals surface area (Å²) >= 11 is 0. The van der Waals surface area contributed by atoms with Gasteiger partial charge in [-0.1, -0.05) is 97.6 Å². The van der Waals surface area contributed by atoms with Crippen molar-refractivity contribution in [3.05, 3.63) is 162 Å². The largest absolute Gasteiger partial charge is 0.280 e. The lowest BCUT2D eigenvalue weighted by atomic mass is 9.76. The van der Waals surface area contributed by atoms with Crippen molar-refractivity contribution >= 4 is 5.71 Å². The van der Waals surface area contributed by atoms with Crippen molar-refractivity contribution in [2.45, 2.75) is 38.3 Å². The van der Waals surface area contributed by atoms with E-state index in [-0.39, 0.29) is 18.0 Å². The number of benzene rings is 4. The molecule has 2 aliphatic rings. The van der Waals surface area contributed by atoms with Crippen molar-refractivity contribution in [2.24, 2.45) is 4.99 Å². The predicted molar refractivity (Wildman–Crippen MR) is 175 cm³/mol. The molecule has 2 nitrogen and oxygen atoms in total. The molecule has 5 aromatic rings. The second-order valence-electron chi connectivity index (χ2n) is 11.5. The molecule has 3 atom stereocenters. The zero-order valence-corrected chi connectivity index (χ0v) is 24.3. The van der Waals surface area contributed by atoms with Crippen LogP contribution < -0.4 is 4.57 Å². The first kappa shape index (κ1) is 26.1. The van der Waals surface area contributed by atoms with E-state index in [4.69, 9.17) is 4.99 Å². The number of aryl methyl sites for hydroxylation is 2. The van der Waals surface area contributed by atoms with Crippen LogP contribution in [0.3, 0.4) is 0 Å². The summed E-state index contributed by atoms with van der Waals surface area (Å²) in [4.78, 5) is 5.27. The summed E-state index contributed by atoms with van der Waals surface area (Å²) in [6, 6.07) is 37.9. The normalized spacial score (nSPS) is 18.4. The van der Waals surface area contributed by atoms with E-state index >= 15 is 0 Å². The van der Waals surface area contributed by atoms with Gasteiger partial charge in [-0.2, -0.15) is 4.57 Å². The van der Waals surface area contributed by atoms with Gasteiger partial charge in [-0.3, -0.25) is 4.99 Å². The smallest absolute Gasteiger partial charge is 0.214 e. The summed E-state index contributed by atoms with van der Waals surface area (Å²) in [7, 11) is 0. The molecule has 0 spiro atoms. The van der Waals surface area contributed by atoms with Gasteiger partial charge in [-0.05, 0) is 71.4 Å².